The fourth-order valence-electron chi connectivity index (χ4n) is 1.65. The van der Waals surface area contributed by atoms with Crippen molar-refractivity contribution >= 4 is 11.7 Å². The molecule has 0 aromatic carbocycles. The summed E-state index contributed by atoms with van der Waals surface area (Å²) >= 11 is 0. The number of hydrogen-bond acceptors (Lipinski definition) is 6. The first kappa shape index (κ1) is 16.3. The molecule has 0 radical (unpaired) electrons. The molecule has 0 spiro atoms. The van der Waals surface area contributed by atoms with Crippen LogP contribution in [0.3, 0.4) is 0 Å². The Bertz CT molecular complexity index is 397. The second kappa shape index (κ2) is 9.22. The summed E-state index contributed by atoms with van der Waals surface area (Å²) in [7, 11) is 5.00. The molecule has 1 heterocycles. The first-order valence-electron chi connectivity index (χ1n) is 6.49. The lowest BCUT2D eigenvalue weighted by atomic mass is 10.3. The minimum atomic E-state index is -0.145. The Morgan fingerprint density at radius 3 is 2.50 bits per heavy atom. The summed E-state index contributed by atoms with van der Waals surface area (Å²) in [6.45, 7) is 2.22. The maximum absolute atomic E-state index is 12.4. The lowest BCUT2D eigenvalue weighted by Gasteiger charge is -2.21. The highest BCUT2D eigenvalue weighted by molar-refractivity contribution is 5.92. The Morgan fingerprint density at radius 1 is 1.20 bits per heavy atom. The Labute approximate surface area is 119 Å². The van der Waals surface area contributed by atoms with Gasteiger partial charge in [0.15, 0.2) is 0 Å². The molecule has 20 heavy (non-hydrogen) atoms. The van der Waals surface area contributed by atoms with E-state index in [1.807, 2.05) is 0 Å². The fourth-order valence-corrected chi connectivity index (χ4v) is 1.65. The summed E-state index contributed by atoms with van der Waals surface area (Å²) in [4.78, 5) is 22.3. The average molecular weight is 282 g/mol. The van der Waals surface area contributed by atoms with E-state index in [-0.39, 0.29) is 5.91 Å². The van der Waals surface area contributed by atoms with Gasteiger partial charge in [0, 0.05) is 41.0 Å². The van der Waals surface area contributed by atoms with E-state index >= 15 is 0 Å². The number of nitrogens with zero attached hydrogens (tertiary/aromatic N) is 3. The number of nitrogens with one attached hydrogen (secondary N) is 1. The van der Waals surface area contributed by atoms with E-state index in [1.54, 1.807) is 26.2 Å². The van der Waals surface area contributed by atoms with Crippen LogP contribution in [0.15, 0.2) is 12.4 Å². The van der Waals surface area contributed by atoms with Crippen LogP contribution in [0.4, 0.5) is 5.82 Å². The molecule has 0 aliphatic heterocycles. The smallest absolute Gasteiger partial charge is 0.274 e. The Balaban J connectivity index is 2.68. The zero-order valence-corrected chi connectivity index (χ0v) is 12.3. The summed E-state index contributed by atoms with van der Waals surface area (Å²) in [5, 5.41) is 2.86. The monoisotopic (exact) mass is 282 g/mol. The minimum Gasteiger partial charge on any atom is -0.385 e. The molecule has 0 atom stereocenters. The van der Waals surface area contributed by atoms with Crippen molar-refractivity contribution in [1.29, 1.82) is 0 Å². The zero-order chi connectivity index (χ0) is 14.8. The van der Waals surface area contributed by atoms with Gasteiger partial charge < -0.3 is 19.7 Å². The van der Waals surface area contributed by atoms with Crippen molar-refractivity contribution in [3.8, 4) is 0 Å². The van der Waals surface area contributed by atoms with Crippen LogP contribution in [0.2, 0.25) is 0 Å². The van der Waals surface area contributed by atoms with Gasteiger partial charge in [0.2, 0.25) is 0 Å². The lowest BCUT2D eigenvalue weighted by Crippen LogP contribution is -2.35. The predicted molar refractivity (Wildman–Crippen MR) is 75.9 cm³/mol. The number of amides is 1. The topological polar surface area (TPSA) is 76.6 Å². The van der Waals surface area contributed by atoms with Gasteiger partial charge in [-0.2, -0.15) is 0 Å². The predicted octanol–water partition coefficient (Wildman–Crippen LogP) is 0.643. The molecule has 7 heteroatoms. The number of rotatable bonds is 9. The molecule has 7 nitrogen and oxygen atoms in total. The van der Waals surface area contributed by atoms with Gasteiger partial charge in [0.25, 0.3) is 5.91 Å². The summed E-state index contributed by atoms with van der Waals surface area (Å²) in [6.07, 6.45) is 3.79. The number of ether oxygens (including phenoxy) is 2. The van der Waals surface area contributed by atoms with E-state index in [0.29, 0.717) is 37.8 Å². The average Bonchev–Trinajstić information content (AvgIpc) is 2.50. The van der Waals surface area contributed by atoms with E-state index in [0.717, 1.165) is 6.42 Å². The molecule has 0 unspecified atom stereocenters. The molecule has 1 amide bonds. The summed E-state index contributed by atoms with van der Waals surface area (Å²) < 4.78 is 10.0. The van der Waals surface area contributed by atoms with Crippen LogP contribution in [0, 0.1) is 0 Å². The first-order valence-corrected chi connectivity index (χ1v) is 6.49. The normalized spacial score (nSPS) is 10.3. The number of aromatic nitrogens is 2. The standard InChI is InChI=1S/C13H22N4O3/c1-14-12-10-15-11(9-16-12)13(18)17(6-8-20-3)5-4-7-19-2/h9-10H,4-8H2,1-3H3,(H,14,16). The molecule has 1 rings (SSSR count). The molecule has 0 aliphatic carbocycles. The molecular formula is C13H22N4O3. The summed E-state index contributed by atoms with van der Waals surface area (Å²) in [5.74, 6) is 0.484. The third kappa shape index (κ3) is 5.10. The highest BCUT2D eigenvalue weighted by Gasteiger charge is 2.16. The fraction of sp³-hybridized carbons (Fsp3) is 0.615. The molecule has 112 valence electrons. The Hall–Kier alpha value is -1.73. The zero-order valence-electron chi connectivity index (χ0n) is 12.3. The van der Waals surface area contributed by atoms with E-state index in [1.165, 1.54) is 12.4 Å². The number of anilines is 1. The van der Waals surface area contributed by atoms with Gasteiger partial charge >= 0.3 is 0 Å². The van der Waals surface area contributed by atoms with Crippen LogP contribution in [-0.4, -0.2) is 68.3 Å². The number of hydrogen-bond donors (Lipinski definition) is 1. The molecular weight excluding hydrogens is 260 g/mol. The number of carbonyl (C=O) groups excluding carboxylic acids is 1. The van der Waals surface area contributed by atoms with Crippen LogP contribution in [-0.2, 0) is 9.47 Å². The van der Waals surface area contributed by atoms with Crippen molar-refractivity contribution in [2.24, 2.45) is 0 Å². The molecule has 0 saturated heterocycles. The second-order valence-electron chi connectivity index (χ2n) is 4.17. The van der Waals surface area contributed by atoms with Crippen molar-refractivity contribution in [3.63, 3.8) is 0 Å². The Morgan fingerprint density at radius 2 is 1.95 bits per heavy atom. The van der Waals surface area contributed by atoms with Crippen LogP contribution in [0.1, 0.15) is 16.9 Å². The lowest BCUT2D eigenvalue weighted by molar-refractivity contribution is 0.0668. The molecule has 0 fully saturated rings. The summed E-state index contributed by atoms with van der Waals surface area (Å²) in [6, 6.07) is 0. The SMILES string of the molecule is CNc1cnc(C(=O)N(CCCOC)CCOC)cn1. The van der Waals surface area contributed by atoms with Crippen LogP contribution >= 0.6 is 0 Å². The van der Waals surface area contributed by atoms with Crippen molar-refractivity contribution in [2.75, 3.05) is 52.9 Å². The van der Waals surface area contributed by atoms with Gasteiger partial charge in [0.05, 0.1) is 19.0 Å². The molecule has 0 bridgehead atoms. The van der Waals surface area contributed by atoms with Gasteiger partial charge in [-0.3, -0.25) is 4.79 Å². The highest BCUT2D eigenvalue weighted by atomic mass is 16.5. The van der Waals surface area contributed by atoms with Crippen molar-refractivity contribution in [2.45, 2.75) is 6.42 Å². The second-order valence-corrected chi connectivity index (χ2v) is 4.17. The van der Waals surface area contributed by atoms with Crippen LogP contribution < -0.4 is 5.32 Å². The minimum absolute atomic E-state index is 0.145. The maximum atomic E-state index is 12.4. The van der Waals surface area contributed by atoms with E-state index < -0.39 is 0 Å². The van der Waals surface area contributed by atoms with E-state index in [2.05, 4.69) is 15.3 Å². The van der Waals surface area contributed by atoms with Gasteiger partial charge in [-0.1, -0.05) is 0 Å². The van der Waals surface area contributed by atoms with Gasteiger partial charge in [0.1, 0.15) is 11.5 Å². The Kier molecular flexibility index (Phi) is 7.52. The summed E-state index contributed by atoms with van der Waals surface area (Å²) in [5.41, 5.74) is 0.331. The molecule has 1 aromatic rings. The van der Waals surface area contributed by atoms with E-state index in [4.69, 9.17) is 9.47 Å². The molecule has 0 aliphatic rings. The third-order valence-corrected chi connectivity index (χ3v) is 2.76. The largest absolute Gasteiger partial charge is 0.385 e. The maximum Gasteiger partial charge on any atom is 0.274 e. The van der Waals surface area contributed by atoms with E-state index in [9.17, 15) is 4.79 Å². The van der Waals surface area contributed by atoms with Crippen LogP contribution in [0.5, 0.6) is 0 Å². The van der Waals surface area contributed by atoms with Gasteiger partial charge in [-0.15, -0.1) is 0 Å². The van der Waals surface area contributed by atoms with Gasteiger partial charge in [-0.25, -0.2) is 9.97 Å². The quantitative estimate of drug-likeness (QED) is 0.670. The van der Waals surface area contributed by atoms with Crippen molar-refractivity contribution in [3.05, 3.63) is 18.1 Å². The number of carbonyl (C=O) groups is 1. The third-order valence-electron chi connectivity index (χ3n) is 2.76. The molecule has 1 aromatic heterocycles. The molecule has 0 saturated carbocycles. The van der Waals surface area contributed by atoms with Gasteiger partial charge in [-0.05, 0) is 6.42 Å². The molecule has 1 N–H and O–H groups in total. The highest BCUT2D eigenvalue weighted by Crippen LogP contribution is 2.05. The number of methoxy groups -OCH3 is 2. The first-order chi connectivity index (χ1) is 9.72. The van der Waals surface area contributed by atoms with Crippen LogP contribution in [0.25, 0.3) is 0 Å². The van der Waals surface area contributed by atoms with Crippen molar-refractivity contribution < 1.29 is 14.3 Å². The van der Waals surface area contributed by atoms with Crippen molar-refractivity contribution in [1.82, 2.24) is 14.9 Å².